The molecule has 1 aromatic heterocycles. The highest BCUT2D eigenvalue weighted by Gasteiger charge is 2.15. The van der Waals surface area contributed by atoms with Crippen LogP contribution in [-0.2, 0) is 13.0 Å². The average Bonchev–Trinajstić information content (AvgIpc) is 2.87. The molecule has 0 aliphatic carbocycles. The number of hydrogen-bond donors (Lipinski definition) is 2. The molecule has 7 nitrogen and oxygen atoms in total. The molecule has 3 aromatic carbocycles. The summed E-state index contributed by atoms with van der Waals surface area (Å²) in [6, 6.07) is 16.4. The maximum atomic E-state index is 5.74. The van der Waals surface area contributed by atoms with Gasteiger partial charge in [0.1, 0.15) is 19.0 Å². The van der Waals surface area contributed by atoms with Crippen LogP contribution >= 0.6 is 0 Å². The predicted octanol–water partition coefficient (Wildman–Crippen LogP) is 4.47. The molecule has 33 heavy (non-hydrogen) atoms. The van der Waals surface area contributed by atoms with Crippen molar-refractivity contribution in [2.75, 3.05) is 32.2 Å². The SMILES string of the molecule is COc1cc2c(cc1Nc1ncc3ccc(-c4ccc5c(c4)OCCO5)cc3n1)CNCC2. The van der Waals surface area contributed by atoms with Gasteiger partial charge < -0.3 is 24.8 Å². The van der Waals surface area contributed by atoms with Gasteiger partial charge in [0, 0.05) is 18.1 Å². The third-order valence-electron chi connectivity index (χ3n) is 6.11. The Bertz CT molecular complexity index is 1360. The first-order chi connectivity index (χ1) is 16.3. The third-order valence-corrected chi connectivity index (χ3v) is 6.11. The summed E-state index contributed by atoms with van der Waals surface area (Å²) in [6.45, 7) is 2.99. The lowest BCUT2D eigenvalue weighted by Crippen LogP contribution is -2.23. The molecule has 0 spiro atoms. The van der Waals surface area contributed by atoms with Crippen molar-refractivity contribution in [2.24, 2.45) is 0 Å². The molecule has 2 aliphatic heterocycles. The van der Waals surface area contributed by atoms with Crippen molar-refractivity contribution >= 4 is 22.5 Å². The summed E-state index contributed by atoms with van der Waals surface area (Å²) in [4.78, 5) is 9.30. The lowest BCUT2D eigenvalue weighted by molar-refractivity contribution is 0.171. The van der Waals surface area contributed by atoms with Crippen LogP contribution < -0.4 is 24.8 Å². The van der Waals surface area contributed by atoms with Crippen molar-refractivity contribution < 1.29 is 14.2 Å². The van der Waals surface area contributed by atoms with Gasteiger partial charge >= 0.3 is 0 Å². The average molecular weight is 441 g/mol. The minimum absolute atomic E-state index is 0.531. The van der Waals surface area contributed by atoms with Crippen LogP contribution in [0.4, 0.5) is 11.6 Å². The fourth-order valence-corrected chi connectivity index (χ4v) is 4.38. The molecule has 0 atom stereocenters. The van der Waals surface area contributed by atoms with Gasteiger partial charge in [-0.1, -0.05) is 18.2 Å². The number of methoxy groups -OCH3 is 1. The molecule has 166 valence electrons. The van der Waals surface area contributed by atoms with Crippen LogP contribution in [0.25, 0.3) is 22.0 Å². The second-order valence-electron chi connectivity index (χ2n) is 8.20. The molecule has 0 bridgehead atoms. The van der Waals surface area contributed by atoms with Crippen LogP contribution in [0.2, 0.25) is 0 Å². The quantitative estimate of drug-likeness (QED) is 0.485. The molecule has 4 aromatic rings. The topological polar surface area (TPSA) is 77.5 Å². The van der Waals surface area contributed by atoms with Crippen molar-refractivity contribution in [3.63, 3.8) is 0 Å². The molecular weight excluding hydrogens is 416 g/mol. The van der Waals surface area contributed by atoms with Gasteiger partial charge in [0.15, 0.2) is 11.5 Å². The van der Waals surface area contributed by atoms with Gasteiger partial charge in [-0.15, -0.1) is 0 Å². The van der Waals surface area contributed by atoms with Crippen LogP contribution in [0.3, 0.4) is 0 Å². The second kappa shape index (κ2) is 8.26. The predicted molar refractivity (Wildman–Crippen MR) is 128 cm³/mol. The van der Waals surface area contributed by atoms with Crippen molar-refractivity contribution in [3.8, 4) is 28.4 Å². The van der Waals surface area contributed by atoms with E-state index in [-0.39, 0.29) is 0 Å². The molecule has 2 aliphatic rings. The van der Waals surface area contributed by atoms with E-state index in [1.54, 1.807) is 7.11 Å². The van der Waals surface area contributed by atoms with Gasteiger partial charge in [0.2, 0.25) is 5.95 Å². The molecule has 0 unspecified atom stereocenters. The Labute approximate surface area is 191 Å². The molecule has 3 heterocycles. The lowest BCUT2D eigenvalue weighted by Gasteiger charge is -2.20. The van der Waals surface area contributed by atoms with Crippen molar-refractivity contribution in [3.05, 3.63) is 65.9 Å². The van der Waals surface area contributed by atoms with Crippen molar-refractivity contribution in [1.82, 2.24) is 15.3 Å². The first kappa shape index (κ1) is 19.8. The Hall–Kier alpha value is -3.84. The van der Waals surface area contributed by atoms with E-state index < -0.39 is 0 Å². The van der Waals surface area contributed by atoms with E-state index in [0.717, 1.165) is 64.5 Å². The molecule has 6 rings (SSSR count). The number of anilines is 2. The molecular formula is C26H24N4O3. The van der Waals surface area contributed by atoms with E-state index in [1.165, 1.54) is 11.1 Å². The third kappa shape index (κ3) is 3.81. The lowest BCUT2D eigenvalue weighted by atomic mass is 10.00. The van der Waals surface area contributed by atoms with Gasteiger partial charge in [-0.2, -0.15) is 0 Å². The van der Waals surface area contributed by atoms with Gasteiger partial charge in [0.25, 0.3) is 0 Å². The van der Waals surface area contributed by atoms with E-state index in [1.807, 2.05) is 30.5 Å². The first-order valence-electron chi connectivity index (χ1n) is 11.1. The minimum Gasteiger partial charge on any atom is -0.495 e. The van der Waals surface area contributed by atoms with Crippen molar-refractivity contribution in [1.29, 1.82) is 0 Å². The van der Waals surface area contributed by atoms with Gasteiger partial charge in [0.05, 0.1) is 18.3 Å². The van der Waals surface area contributed by atoms with Crippen LogP contribution in [0, 0.1) is 0 Å². The van der Waals surface area contributed by atoms with E-state index in [4.69, 9.17) is 19.2 Å². The summed E-state index contributed by atoms with van der Waals surface area (Å²) in [7, 11) is 1.69. The molecule has 7 heteroatoms. The Balaban J connectivity index is 1.33. The fourth-order valence-electron chi connectivity index (χ4n) is 4.38. The maximum Gasteiger partial charge on any atom is 0.227 e. The summed E-state index contributed by atoms with van der Waals surface area (Å²) in [5.74, 6) is 2.89. The number of ether oxygens (including phenoxy) is 3. The smallest absolute Gasteiger partial charge is 0.227 e. The Kier molecular flexibility index (Phi) is 4.96. The molecule has 0 radical (unpaired) electrons. The van der Waals surface area contributed by atoms with Gasteiger partial charge in [-0.3, -0.25) is 0 Å². The first-order valence-corrected chi connectivity index (χ1v) is 11.1. The highest BCUT2D eigenvalue weighted by molar-refractivity contribution is 5.85. The van der Waals surface area contributed by atoms with Crippen molar-refractivity contribution in [2.45, 2.75) is 13.0 Å². The largest absolute Gasteiger partial charge is 0.495 e. The number of benzene rings is 3. The molecule has 0 saturated carbocycles. The number of aromatic nitrogens is 2. The Morgan fingerprint density at radius 3 is 2.70 bits per heavy atom. The zero-order chi connectivity index (χ0) is 22.2. The van der Waals surface area contributed by atoms with Crippen LogP contribution in [0.1, 0.15) is 11.1 Å². The normalized spacial score (nSPS) is 14.6. The summed E-state index contributed by atoms with van der Waals surface area (Å²) >= 11 is 0. The summed E-state index contributed by atoms with van der Waals surface area (Å²) < 4.78 is 17.0. The molecule has 2 N–H and O–H groups in total. The van der Waals surface area contributed by atoms with E-state index in [0.29, 0.717) is 19.2 Å². The molecule has 0 fully saturated rings. The zero-order valence-corrected chi connectivity index (χ0v) is 18.4. The fraction of sp³-hybridized carbons (Fsp3) is 0.231. The highest BCUT2D eigenvalue weighted by Crippen LogP contribution is 2.36. The summed E-state index contributed by atoms with van der Waals surface area (Å²) in [5, 5.41) is 7.75. The highest BCUT2D eigenvalue weighted by atomic mass is 16.6. The number of hydrogen-bond acceptors (Lipinski definition) is 7. The van der Waals surface area contributed by atoms with E-state index >= 15 is 0 Å². The second-order valence-corrected chi connectivity index (χ2v) is 8.20. The number of nitrogens with zero attached hydrogens (tertiary/aromatic N) is 2. The standard InChI is InChI=1S/C26H24N4O3/c1-31-24-12-18-6-7-27-14-20(18)11-22(24)30-26-28-15-19-3-2-16(10-21(19)29-26)17-4-5-23-25(13-17)33-9-8-32-23/h2-5,10-13,15,27H,6-9,14H2,1H3,(H,28,29,30). The molecule has 0 saturated heterocycles. The van der Waals surface area contributed by atoms with Gasteiger partial charge in [-0.05, 0) is 65.6 Å². The van der Waals surface area contributed by atoms with Crippen LogP contribution in [0.5, 0.6) is 17.2 Å². The molecule has 0 amide bonds. The number of nitrogens with one attached hydrogen (secondary N) is 2. The maximum absolute atomic E-state index is 5.74. The van der Waals surface area contributed by atoms with E-state index in [2.05, 4.69) is 39.9 Å². The van der Waals surface area contributed by atoms with E-state index in [9.17, 15) is 0 Å². The Morgan fingerprint density at radius 1 is 0.939 bits per heavy atom. The van der Waals surface area contributed by atoms with Crippen LogP contribution in [-0.4, -0.2) is 36.8 Å². The number of rotatable bonds is 4. The van der Waals surface area contributed by atoms with Crippen LogP contribution in [0.15, 0.2) is 54.7 Å². The summed E-state index contributed by atoms with van der Waals surface area (Å²) in [6.07, 6.45) is 2.84. The van der Waals surface area contributed by atoms with Gasteiger partial charge in [-0.25, -0.2) is 9.97 Å². The Morgan fingerprint density at radius 2 is 1.79 bits per heavy atom. The number of fused-ring (bicyclic) bond motifs is 3. The summed E-state index contributed by atoms with van der Waals surface area (Å²) in [5.41, 5.74) is 6.42. The monoisotopic (exact) mass is 440 g/mol. The zero-order valence-electron chi connectivity index (χ0n) is 18.4. The minimum atomic E-state index is 0.531.